The van der Waals surface area contributed by atoms with E-state index in [1.54, 1.807) is 129 Å². The van der Waals surface area contributed by atoms with Crippen LogP contribution in [0, 0.1) is 48.5 Å². The third-order valence-electron chi connectivity index (χ3n) is 21.3. The number of carboxylic acid groups (broad SMARTS) is 5. The Morgan fingerprint density at radius 2 is 0.612 bits per heavy atom. The Labute approximate surface area is 823 Å². The average Bonchev–Trinajstić information content (AvgIpc) is 1.57. The van der Waals surface area contributed by atoms with E-state index in [9.17, 15) is 34.2 Å². The number of aryl methyl sites for hydroxylation is 10. The Morgan fingerprint density at radius 3 is 0.921 bits per heavy atom. The minimum atomic E-state index is -1.02. The van der Waals surface area contributed by atoms with Gasteiger partial charge in [0.1, 0.15) is 63.3 Å². The van der Waals surface area contributed by atoms with Crippen molar-refractivity contribution in [3.8, 4) is 63.3 Å². The topological polar surface area (TPSA) is 449 Å². The molecule has 0 atom stereocenters. The van der Waals surface area contributed by atoms with Crippen molar-refractivity contribution in [3.63, 3.8) is 0 Å². The predicted octanol–water partition coefficient (Wildman–Crippen LogP) is 23.4. The zero-order valence-electron chi connectivity index (χ0n) is 78.9. The van der Waals surface area contributed by atoms with Crippen molar-refractivity contribution >= 4 is 155 Å². The molecule has 10 N–H and O–H groups in total. The second-order valence-corrected chi connectivity index (χ2v) is 36.5. The molecule has 0 fully saturated rings. The fourth-order valence-electron chi connectivity index (χ4n) is 14.5. The van der Waals surface area contributed by atoms with Crippen molar-refractivity contribution in [2.75, 3.05) is 33.7 Å². The normalized spacial score (nSPS) is 10.7. The Bertz CT molecular complexity index is 7160. The summed E-state index contributed by atoms with van der Waals surface area (Å²) in [6.45, 7) is 35.6. The van der Waals surface area contributed by atoms with Gasteiger partial charge < -0.3 is 56.9 Å². The fourth-order valence-corrected chi connectivity index (χ4v) is 17.5. The van der Waals surface area contributed by atoms with Crippen molar-refractivity contribution in [2.24, 2.45) is 0 Å². The number of hydrogen-bond donors (Lipinski definition) is 10. The number of thiazole rings is 5. The SMILES string of the molecule is C=CCc1c(CC)nc(-c2csc(C)n2)nc1Nc1ccc(C(=O)O)cc1OC.C=CCc1c(CC)nc(-c2csc(C)n2)nc1Nc1ccc(CC(=O)O)cc1.C=CCc1c(CC)nc(-c2csc(C)n2)nc1Nc1ccc2cc(C(=O)O)ccc2c1.CCc1c(C)nc(-c2csc(C)n2)nc1Nc1ccc(C(=O)O)cc1.CCc1c(C)nc(-c2csc(C)n2)nc1Nc1ccc(CC(=O)O)cc1. The zero-order valence-corrected chi connectivity index (χ0v) is 83.0. The van der Waals surface area contributed by atoms with Gasteiger partial charge in [0.15, 0.2) is 29.1 Å². The molecule has 712 valence electrons. The molecule has 0 bridgehead atoms. The van der Waals surface area contributed by atoms with Crippen LogP contribution in [0.15, 0.2) is 192 Å². The maximum Gasteiger partial charge on any atom is 0.335 e. The highest BCUT2D eigenvalue weighted by molar-refractivity contribution is 7.11. The molecule has 36 heteroatoms. The molecule has 0 saturated heterocycles. The number of allylic oxidation sites excluding steroid dienone is 3. The Morgan fingerprint density at radius 1 is 0.324 bits per heavy atom. The highest BCUT2D eigenvalue weighted by Gasteiger charge is 2.24. The van der Waals surface area contributed by atoms with Gasteiger partial charge in [-0.3, -0.25) is 9.59 Å². The molecule has 0 aliphatic carbocycles. The second kappa shape index (κ2) is 48.3. The number of methoxy groups -OCH3 is 1. The van der Waals surface area contributed by atoms with Crippen molar-refractivity contribution in [2.45, 2.75) is 147 Å². The Kier molecular flexibility index (Phi) is 35.6. The second-order valence-electron chi connectivity index (χ2n) is 31.2. The first kappa shape index (κ1) is 102. The van der Waals surface area contributed by atoms with E-state index < -0.39 is 29.8 Å². The predicted molar refractivity (Wildman–Crippen MR) is 554 cm³/mol. The lowest BCUT2D eigenvalue weighted by Gasteiger charge is -2.16. The third-order valence-corrected chi connectivity index (χ3v) is 25.2. The van der Waals surface area contributed by atoms with Crippen LogP contribution in [0.1, 0.15) is 158 Å². The molecule has 0 aliphatic heterocycles. The number of rotatable bonds is 34. The van der Waals surface area contributed by atoms with Gasteiger partial charge in [0.2, 0.25) is 0 Å². The van der Waals surface area contributed by atoms with Crippen LogP contribution >= 0.6 is 56.7 Å². The summed E-state index contributed by atoms with van der Waals surface area (Å²) in [6.07, 6.45) is 11.3. The van der Waals surface area contributed by atoms with Crippen LogP contribution in [-0.4, -0.2) is 137 Å². The van der Waals surface area contributed by atoms with E-state index >= 15 is 0 Å². The zero-order chi connectivity index (χ0) is 99.7. The molecule has 0 amide bonds. The summed E-state index contributed by atoms with van der Waals surface area (Å²) >= 11 is 7.82. The van der Waals surface area contributed by atoms with Crippen molar-refractivity contribution in [1.29, 1.82) is 0 Å². The monoisotopic (exact) mass is 1960 g/mol. The molecular weight excluding hydrogens is 1850 g/mol. The van der Waals surface area contributed by atoms with Gasteiger partial charge in [0.25, 0.3) is 0 Å². The van der Waals surface area contributed by atoms with Crippen LogP contribution in [0.25, 0.3) is 68.4 Å². The van der Waals surface area contributed by atoms with E-state index in [0.717, 1.165) is 210 Å². The van der Waals surface area contributed by atoms with E-state index in [-0.39, 0.29) is 29.5 Å². The number of nitrogens with zero attached hydrogens (tertiary/aromatic N) is 15. The first-order valence-electron chi connectivity index (χ1n) is 44.3. The standard InChI is InChI=1S/C24H22N4O2S.C21H22N4O3S.C21H22N4O2S.C19H20N4O2S.C18H18N4O2S/c1-4-6-19-20(5-2)27-23(21-13-31-14(3)25-21)28-22(19)26-18-10-9-15-11-17(24(29)30)8-7-16(15)12-18;1-5-7-14-15(6-2)23-20(17-11-29-12(3)22-17)25-19(14)24-16-9-8-13(21(26)27)10-18(16)28-4;1-4-6-16-17(5-2)24-21(18-12-28-13(3)22-18)25-20(16)23-15-9-7-14(8-10-15)11-19(26)27;1-4-15-11(2)20-19(16-10-26-12(3)21-16)23-18(15)22-14-7-5-13(6-8-14)9-17(24)25;1-4-14-10(2)19-17(15-9-25-11(3)20-15)22-16(14)21-13-7-5-12(6-8-13)18(23)24/h4,7-13H,1,5-6H2,2-3H3,(H,29,30)(H,26,27,28);5,8-11H,1,6-7H2,2-4H3,(H,26,27)(H,23,24,25);4,7-10,12H,1,5-6,11H2,2-3H3,(H,26,27)(H,23,24,25);5-8,10H,4,9H2,1-3H3,(H,24,25)(H,20,22,23);5-9H,4H2,1-3H3,(H,23,24)(H,19,21,22). The molecular formula is C103H104N20O11S5. The van der Waals surface area contributed by atoms with Crippen LogP contribution in [0.2, 0.25) is 0 Å². The number of benzene rings is 6. The molecule has 0 spiro atoms. The average molecular weight is 1960 g/mol. The highest BCUT2D eigenvalue weighted by Crippen LogP contribution is 2.37. The van der Waals surface area contributed by atoms with E-state index in [1.165, 1.54) is 19.2 Å². The minimum Gasteiger partial charge on any atom is -0.495 e. The fraction of sp³-hybridized carbons (Fsp3) is 0.223. The largest absolute Gasteiger partial charge is 0.495 e. The number of aromatic nitrogens is 15. The molecule has 0 saturated carbocycles. The van der Waals surface area contributed by atoms with Gasteiger partial charge in [-0.05, 0) is 213 Å². The summed E-state index contributed by atoms with van der Waals surface area (Å²) in [5, 5.41) is 78.3. The molecule has 10 heterocycles. The summed E-state index contributed by atoms with van der Waals surface area (Å²) in [7, 11) is 1.50. The van der Waals surface area contributed by atoms with Crippen LogP contribution in [-0.2, 0) is 73.8 Å². The Balaban J connectivity index is 0.000000156. The van der Waals surface area contributed by atoms with Crippen LogP contribution in [0.4, 0.5) is 57.5 Å². The number of fused-ring (bicyclic) bond motifs is 1. The van der Waals surface area contributed by atoms with E-state index in [2.05, 4.69) is 119 Å². The molecule has 0 radical (unpaired) electrons. The number of carboxylic acids is 5. The molecule has 0 unspecified atom stereocenters. The lowest BCUT2D eigenvalue weighted by atomic mass is 10.1. The molecule has 16 aromatic rings. The summed E-state index contributed by atoms with van der Waals surface area (Å²) in [6, 6.07) is 36.8. The summed E-state index contributed by atoms with van der Waals surface area (Å²) in [5.74, 6) is 2.32. The number of aromatic carboxylic acids is 3. The van der Waals surface area contributed by atoms with Gasteiger partial charge in [-0.1, -0.05) is 89.2 Å². The molecule has 10 aromatic heterocycles. The number of ether oxygens (including phenoxy) is 1. The van der Waals surface area contributed by atoms with Gasteiger partial charge in [0.05, 0.1) is 67.4 Å². The van der Waals surface area contributed by atoms with Gasteiger partial charge >= 0.3 is 29.8 Å². The summed E-state index contributed by atoms with van der Waals surface area (Å²) in [5.41, 5.74) is 19.6. The first-order chi connectivity index (χ1) is 66.9. The van der Waals surface area contributed by atoms with E-state index in [0.29, 0.717) is 65.6 Å². The van der Waals surface area contributed by atoms with Gasteiger partial charge in [-0.2, -0.15) is 0 Å². The number of anilines is 10. The van der Waals surface area contributed by atoms with E-state index in [1.807, 2.05) is 143 Å². The maximum atomic E-state index is 11.3. The Hall–Kier alpha value is -15.5. The lowest BCUT2D eigenvalue weighted by Crippen LogP contribution is -2.08. The number of carbonyl (C=O) groups is 5. The van der Waals surface area contributed by atoms with Gasteiger partial charge in [0, 0.05) is 106 Å². The van der Waals surface area contributed by atoms with Crippen molar-refractivity contribution in [3.05, 3.63) is 301 Å². The summed E-state index contributed by atoms with van der Waals surface area (Å²) < 4.78 is 5.38. The van der Waals surface area contributed by atoms with Crippen molar-refractivity contribution < 1.29 is 54.2 Å². The lowest BCUT2D eigenvalue weighted by molar-refractivity contribution is -0.137. The number of aliphatic carboxylic acids is 2. The van der Waals surface area contributed by atoms with E-state index in [4.69, 9.17) is 50.0 Å². The first-order valence-corrected chi connectivity index (χ1v) is 48.7. The maximum absolute atomic E-state index is 11.3. The van der Waals surface area contributed by atoms with Gasteiger partial charge in [-0.25, -0.2) is 89.1 Å². The molecule has 31 nitrogen and oxygen atoms in total. The van der Waals surface area contributed by atoms with Crippen molar-refractivity contribution in [1.82, 2.24) is 74.8 Å². The number of nitrogens with one attached hydrogen (secondary N) is 5. The highest BCUT2D eigenvalue weighted by atomic mass is 32.1. The smallest absolute Gasteiger partial charge is 0.335 e. The molecule has 0 aliphatic rings. The van der Waals surface area contributed by atoms with Crippen LogP contribution < -0.4 is 31.3 Å². The minimum absolute atomic E-state index is 0.00279. The third kappa shape index (κ3) is 27.2. The summed E-state index contributed by atoms with van der Waals surface area (Å²) in [4.78, 5) is 125. The molecule has 139 heavy (non-hydrogen) atoms. The molecule has 6 aromatic carbocycles. The number of hydrogen-bond acceptors (Lipinski definition) is 31. The van der Waals surface area contributed by atoms with Crippen LogP contribution in [0.3, 0.4) is 0 Å². The van der Waals surface area contributed by atoms with Gasteiger partial charge in [-0.15, -0.1) is 76.4 Å². The molecule has 16 rings (SSSR count). The quantitative estimate of drug-likeness (QED) is 0.0167. The van der Waals surface area contributed by atoms with Crippen LogP contribution in [0.5, 0.6) is 5.75 Å².